The molecule has 0 atom stereocenters. The third kappa shape index (κ3) is 3.15. The Morgan fingerprint density at radius 2 is 1.90 bits per heavy atom. The van der Waals surface area contributed by atoms with Crippen molar-refractivity contribution in [1.82, 2.24) is 4.98 Å². The van der Waals surface area contributed by atoms with Crippen LogP contribution in [0.2, 0.25) is 0 Å². The number of benzene rings is 1. The number of nitrogens with zero attached hydrogens (tertiary/aromatic N) is 2. The summed E-state index contributed by atoms with van der Waals surface area (Å²) < 4.78 is 0. The van der Waals surface area contributed by atoms with Gasteiger partial charge in [-0.25, -0.2) is 4.98 Å². The van der Waals surface area contributed by atoms with E-state index < -0.39 is 0 Å². The van der Waals surface area contributed by atoms with Gasteiger partial charge in [-0.3, -0.25) is 4.79 Å². The van der Waals surface area contributed by atoms with Gasteiger partial charge in [-0.1, -0.05) is 23.8 Å². The summed E-state index contributed by atoms with van der Waals surface area (Å²) in [6, 6.07) is 13.3. The second kappa shape index (κ2) is 6.19. The minimum Gasteiger partial charge on any atom is -0.370 e. The molecular formula is C16H19N3O. The second-order valence-corrected chi connectivity index (χ2v) is 4.64. The first-order valence-electron chi connectivity index (χ1n) is 6.67. The van der Waals surface area contributed by atoms with E-state index in [-0.39, 0.29) is 5.91 Å². The molecular weight excluding hydrogens is 250 g/mol. The molecule has 1 N–H and O–H groups in total. The predicted octanol–water partition coefficient (Wildman–Crippen LogP) is 3.10. The van der Waals surface area contributed by atoms with Gasteiger partial charge in [-0.15, -0.1) is 0 Å². The zero-order valence-corrected chi connectivity index (χ0v) is 12.1. The van der Waals surface area contributed by atoms with Crippen molar-refractivity contribution in [1.29, 1.82) is 0 Å². The molecule has 0 saturated carbocycles. The molecule has 0 aliphatic rings. The van der Waals surface area contributed by atoms with Crippen LogP contribution in [-0.2, 0) is 0 Å². The lowest BCUT2D eigenvalue weighted by Crippen LogP contribution is -2.27. The number of carbonyl (C=O) groups is 1. The highest BCUT2D eigenvalue weighted by molar-refractivity contribution is 6.04. The number of aryl methyl sites for hydroxylation is 1. The van der Waals surface area contributed by atoms with Crippen molar-refractivity contribution < 1.29 is 4.79 Å². The molecule has 0 spiro atoms. The third-order valence-corrected chi connectivity index (χ3v) is 3.05. The van der Waals surface area contributed by atoms with Crippen LogP contribution in [0.3, 0.4) is 0 Å². The maximum absolute atomic E-state index is 12.4. The summed E-state index contributed by atoms with van der Waals surface area (Å²) in [5.74, 6) is 0.601. The Balaban J connectivity index is 2.21. The van der Waals surface area contributed by atoms with E-state index in [9.17, 15) is 4.79 Å². The average Bonchev–Trinajstić information content (AvgIpc) is 2.47. The number of pyridine rings is 1. The van der Waals surface area contributed by atoms with Crippen molar-refractivity contribution in [3.8, 4) is 0 Å². The summed E-state index contributed by atoms with van der Waals surface area (Å²) in [6.07, 6.45) is 0. The molecule has 1 aromatic carbocycles. The number of rotatable bonds is 4. The summed E-state index contributed by atoms with van der Waals surface area (Å²) in [7, 11) is 1.76. The van der Waals surface area contributed by atoms with Crippen LogP contribution in [0.1, 0.15) is 23.0 Å². The van der Waals surface area contributed by atoms with Crippen molar-refractivity contribution in [2.24, 2.45) is 0 Å². The van der Waals surface area contributed by atoms with Gasteiger partial charge in [-0.05, 0) is 38.1 Å². The van der Waals surface area contributed by atoms with E-state index in [0.717, 1.165) is 18.1 Å². The van der Waals surface area contributed by atoms with Gasteiger partial charge in [0.2, 0.25) is 0 Å². The molecule has 0 bridgehead atoms. The lowest BCUT2D eigenvalue weighted by Gasteiger charge is -2.17. The molecule has 0 unspecified atom stereocenters. The predicted molar refractivity (Wildman–Crippen MR) is 82.3 cm³/mol. The first kappa shape index (κ1) is 14.1. The summed E-state index contributed by atoms with van der Waals surface area (Å²) in [5.41, 5.74) is 2.46. The molecule has 1 heterocycles. The molecule has 104 valence electrons. The van der Waals surface area contributed by atoms with Crippen LogP contribution in [0.15, 0.2) is 42.5 Å². The Morgan fingerprint density at radius 1 is 1.20 bits per heavy atom. The number of amides is 1. The number of aromatic nitrogens is 1. The Hall–Kier alpha value is -2.36. The normalized spacial score (nSPS) is 10.2. The molecule has 0 aliphatic heterocycles. The van der Waals surface area contributed by atoms with Crippen LogP contribution in [-0.4, -0.2) is 24.5 Å². The number of hydrogen-bond donors (Lipinski definition) is 1. The van der Waals surface area contributed by atoms with E-state index in [4.69, 9.17) is 0 Å². The molecule has 1 aromatic heterocycles. The first-order chi connectivity index (χ1) is 9.61. The summed E-state index contributed by atoms with van der Waals surface area (Å²) >= 11 is 0. The molecule has 4 nitrogen and oxygen atoms in total. The van der Waals surface area contributed by atoms with Crippen molar-refractivity contribution in [3.63, 3.8) is 0 Å². The van der Waals surface area contributed by atoms with E-state index in [1.165, 1.54) is 5.56 Å². The van der Waals surface area contributed by atoms with Gasteiger partial charge in [0.1, 0.15) is 11.5 Å². The third-order valence-electron chi connectivity index (χ3n) is 3.05. The number of carbonyl (C=O) groups excluding carboxylic acids is 1. The minimum atomic E-state index is -0.117. The van der Waals surface area contributed by atoms with Crippen molar-refractivity contribution >= 4 is 17.4 Å². The van der Waals surface area contributed by atoms with Gasteiger partial charge < -0.3 is 10.2 Å². The Bertz CT molecular complexity index is 593. The first-order valence-corrected chi connectivity index (χ1v) is 6.67. The fraction of sp³-hybridized carbons (Fsp3) is 0.250. The van der Waals surface area contributed by atoms with E-state index in [1.807, 2.05) is 50.2 Å². The Labute approximate surface area is 119 Å². The van der Waals surface area contributed by atoms with E-state index in [1.54, 1.807) is 18.0 Å². The fourth-order valence-electron chi connectivity index (χ4n) is 1.89. The lowest BCUT2D eigenvalue weighted by atomic mass is 10.2. The zero-order valence-electron chi connectivity index (χ0n) is 12.1. The second-order valence-electron chi connectivity index (χ2n) is 4.64. The van der Waals surface area contributed by atoms with Crippen LogP contribution >= 0.6 is 0 Å². The van der Waals surface area contributed by atoms with Gasteiger partial charge in [-0.2, -0.15) is 0 Å². The quantitative estimate of drug-likeness (QED) is 0.927. The van der Waals surface area contributed by atoms with Gasteiger partial charge in [0.05, 0.1) is 0 Å². The lowest BCUT2D eigenvalue weighted by molar-refractivity contribution is 0.0988. The fourth-order valence-corrected chi connectivity index (χ4v) is 1.89. The summed E-state index contributed by atoms with van der Waals surface area (Å²) in [6.45, 7) is 4.79. The maximum atomic E-state index is 12.4. The van der Waals surface area contributed by atoms with Gasteiger partial charge >= 0.3 is 0 Å². The minimum absolute atomic E-state index is 0.117. The van der Waals surface area contributed by atoms with E-state index >= 15 is 0 Å². The van der Waals surface area contributed by atoms with Crippen LogP contribution in [0, 0.1) is 6.92 Å². The van der Waals surface area contributed by atoms with Crippen molar-refractivity contribution in [2.75, 3.05) is 23.8 Å². The Morgan fingerprint density at radius 3 is 2.55 bits per heavy atom. The average molecular weight is 269 g/mol. The number of nitrogens with one attached hydrogen (secondary N) is 1. The highest BCUT2D eigenvalue weighted by atomic mass is 16.2. The molecule has 0 aliphatic carbocycles. The largest absolute Gasteiger partial charge is 0.370 e. The van der Waals surface area contributed by atoms with Crippen LogP contribution in [0.5, 0.6) is 0 Å². The van der Waals surface area contributed by atoms with Gasteiger partial charge in [0.25, 0.3) is 5.91 Å². The smallest absolute Gasteiger partial charge is 0.276 e. The molecule has 20 heavy (non-hydrogen) atoms. The van der Waals surface area contributed by atoms with E-state index in [0.29, 0.717) is 5.69 Å². The monoisotopic (exact) mass is 269 g/mol. The molecule has 2 rings (SSSR count). The van der Waals surface area contributed by atoms with E-state index in [2.05, 4.69) is 10.3 Å². The van der Waals surface area contributed by atoms with Gasteiger partial charge in [0.15, 0.2) is 0 Å². The molecule has 0 radical (unpaired) electrons. The summed E-state index contributed by atoms with van der Waals surface area (Å²) in [4.78, 5) is 18.4. The maximum Gasteiger partial charge on any atom is 0.276 e. The van der Waals surface area contributed by atoms with Crippen molar-refractivity contribution in [3.05, 3.63) is 53.7 Å². The highest BCUT2D eigenvalue weighted by Gasteiger charge is 2.15. The number of hydrogen-bond acceptors (Lipinski definition) is 3. The SMILES string of the molecule is CCNc1cccc(C(=O)N(C)c2ccc(C)cc2)n1. The zero-order chi connectivity index (χ0) is 14.5. The molecule has 1 amide bonds. The van der Waals surface area contributed by atoms with Crippen LogP contribution in [0.25, 0.3) is 0 Å². The Kier molecular flexibility index (Phi) is 4.35. The van der Waals surface area contributed by atoms with Gasteiger partial charge in [0, 0.05) is 19.3 Å². The summed E-state index contributed by atoms with van der Waals surface area (Å²) in [5, 5.41) is 3.11. The van der Waals surface area contributed by atoms with Crippen molar-refractivity contribution in [2.45, 2.75) is 13.8 Å². The molecule has 0 fully saturated rings. The van der Waals surface area contributed by atoms with Crippen LogP contribution < -0.4 is 10.2 Å². The standard InChI is InChI=1S/C16H19N3O/c1-4-17-15-7-5-6-14(18-15)16(20)19(3)13-10-8-12(2)9-11-13/h5-11H,4H2,1-3H3,(H,17,18). The number of anilines is 2. The highest BCUT2D eigenvalue weighted by Crippen LogP contribution is 2.16. The molecule has 0 saturated heterocycles. The molecule has 2 aromatic rings. The van der Waals surface area contributed by atoms with Crippen LogP contribution in [0.4, 0.5) is 11.5 Å². The topological polar surface area (TPSA) is 45.2 Å². The molecule has 4 heteroatoms.